The van der Waals surface area contributed by atoms with Gasteiger partial charge < -0.3 is 9.26 Å². The van der Waals surface area contributed by atoms with Crippen LogP contribution in [-0.2, 0) is 4.74 Å². The number of hydrogen-bond donors (Lipinski definition) is 1. The molecule has 5 heteroatoms. The molecule has 26 heavy (non-hydrogen) atoms. The maximum Gasteiger partial charge on any atom is 0.411 e. The number of ether oxygens (including phenoxy) is 1. The molecular weight excluding hydrogens is 328 g/mol. The van der Waals surface area contributed by atoms with Crippen molar-refractivity contribution in [1.29, 1.82) is 0 Å². The van der Waals surface area contributed by atoms with E-state index in [9.17, 15) is 4.79 Å². The fourth-order valence-corrected chi connectivity index (χ4v) is 2.77. The largest absolute Gasteiger partial charge is 0.449 e. The van der Waals surface area contributed by atoms with Crippen molar-refractivity contribution in [2.24, 2.45) is 5.92 Å². The molecule has 3 aromatic rings. The Labute approximate surface area is 152 Å². The molecule has 132 valence electrons. The van der Waals surface area contributed by atoms with Crippen LogP contribution in [0.3, 0.4) is 0 Å². The highest BCUT2D eigenvalue weighted by Crippen LogP contribution is 2.33. The van der Waals surface area contributed by atoms with Crippen molar-refractivity contribution in [2.75, 3.05) is 11.9 Å². The fraction of sp³-hybridized carbons (Fsp3) is 0.238. The van der Waals surface area contributed by atoms with Crippen molar-refractivity contribution >= 4 is 11.8 Å². The smallest absolute Gasteiger partial charge is 0.411 e. The standard InChI is InChI=1S/C21H20N2O3/c1-14-19(22-21(24)25-13-15-7-8-15)20(26-23-14)18-11-9-17(10-12-18)16-5-3-2-4-6-16/h2-6,9-12,15H,7-8,13H2,1H3,(H,22,24). The van der Waals surface area contributed by atoms with Gasteiger partial charge in [-0.3, -0.25) is 5.32 Å². The van der Waals surface area contributed by atoms with Gasteiger partial charge in [-0.2, -0.15) is 0 Å². The summed E-state index contributed by atoms with van der Waals surface area (Å²) in [6.07, 6.45) is 1.81. The van der Waals surface area contributed by atoms with Gasteiger partial charge >= 0.3 is 6.09 Å². The van der Waals surface area contributed by atoms with E-state index in [2.05, 4.69) is 22.6 Å². The number of hydrogen-bond acceptors (Lipinski definition) is 4. The molecule has 0 saturated heterocycles. The van der Waals surface area contributed by atoms with Crippen molar-refractivity contribution < 1.29 is 14.1 Å². The minimum absolute atomic E-state index is 0.467. The molecule has 0 spiro atoms. The van der Waals surface area contributed by atoms with Crippen LogP contribution in [0.1, 0.15) is 18.5 Å². The number of anilines is 1. The molecule has 4 rings (SSSR count). The van der Waals surface area contributed by atoms with Crippen LogP contribution in [0.5, 0.6) is 0 Å². The summed E-state index contributed by atoms with van der Waals surface area (Å²) in [6.45, 7) is 2.26. The Balaban J connectivity index is 1.53. The molecule has 1 saturated carbocycles. The molecular formula is C21H20N2O3. The quantitative estimate of drug-likeness (QED) is 0.682. The van der Waals surface area contributed by atoms with E-state index in [1.54, 1.807) is 6.92 Å². The summed E-state index contributed by atoms with van der Waals surface area (Å²) in [5.74, 6) is 1.06. The van der Waals surface area contributed by atoms with Crippen LogP contribution >= 0.6 is 0 Å². The van der Waals surface area contributed by atoms with Crippen LogP contribution in [0.2, 0.25) is 0 Å². The first kappa shape index (κ1) is 16.4. The molecule has 0 radical (unpaired) electrons. The number of nitrogens with one attached hydrogen (secondary N) is 1. The minimum atomic E-state index is -0.467. The summed E-state index contributed by atoms with van der Waals surface area (Å²) in [4.78, 5) is 12.0. The number of amides is 1. The Kier molecular flexibility index (Phi) is 4.44. The molecule has 1 heterocycles. The van der Waals surface area contributed by atoms with Gasteiger partial charge in [-0.1, -0.05) is 59.8 Å². The molecule has 1 aliphatic carbocycles. The SMILES string of the molecule is Cc1noc(-c2ccc(-c3ccccc3)cc2)c1NC(=O)OCC1CC1. The van der Waals surface area contributed by atoms with E-state index < -0.39 is 6.09 Å². The summed E-state index contributed by atoms with van der Waals surface area (Å²) in [5, 5.41) is 6.76. The number of nitrogens with zero attached hydrogens (tertiary/aromatic N) is 1. The van der Waals surface area contributed by atoms with E-state index in [-0.39, 0.29) is 0 Å². The minimum Gasteiger partial charge on any atom is -0.449 e. The summed E-state index contributed by atoms with van der Waals surface area (Å²) in [7, 11) is 0. The first-order valence-corrected chi connectivity index (χ1v) is 8.76. The van der Waals surface area contributed by atoms with E-state index in [0.717, 1.165) is 29.5 Å². The maximum atomic E-state index is 12.0. The lowest BCUT2D eigenvalue weighted by molar-refractivity contribution is 0.156. The topological polar surface area (TPSA) is 64.4 Å². The normalized spacial score (nSPS) is 13.4. The Morgan fingerprint density at radius 3 is 2.42 bits per heavy atom. The molecule has 1 aromatic heterocycles. The maximum absolute atomic E-state index is 12.0. The van der Waals surface area contributed by atoms with Crippen molar-refractivity contribution in [2.45, 2.75) is 19.8 Å². The van der Waals surface area contributed by atoms with Gasteiger partial charge in [0.05, 0.1) is 6.61 Å². The van der Waals surface area contributed by atoms with Gasteiger partial charge in [-0.05, 0) is 36.8 Å². The molecule has 1 fully saturated rings. The van der Waals surface area contributed by atoms with E-state index in [4.69, 9.17) is 9.26 Å². The third-order valence-electron chi connectivity index (χ3n) is 4.49. The monoisotopic (exact) mass is 348 g/mol. The van der Waals surface area contributed by atoms with Gasteiger partial charge in [0.15, 0.2) is 5.76 Å². The summed E-state index contributed by atoms with van der Waals surface area (Å²) >= 11 is 0. The highest BCUT2D eigenvalue weighted by atomic mass is 16.5. The van der Waals surface area contributed by atoms with Crippen LogP contribution in [0.4, 0.5) is 10.5 Å². The Bertz CT molecular complexity index is 897. The summed E-state index contributed by atoms with van der Waals surface area (Å²) in [6, 6.07) is 18.1. The second-order valence-corrected chi connectivity index (χ2v) is 6.58. The number of carbonyl (C=O) groups excluding carboxylic acids is 1. The molecule has 1 aliphatic rings. The highest BCUT2D eigenvalue weighted by molar-refractivity contribution is 5.90. The zero-order valence-corrected chi connectivity index (χ0v) is 14.6. The molecule has 0 unspecified atom stereocenters. The van der Waals surface area contributed by atoms with Gasteiger partial charge in [-0.15, -0.1) is 0 Å². The van der Waals surface area contributed by atoms with Crippen LogP contribution in [0.25, 0.3) is 22.5 Å². The van der Waals surface area contributed by atoms with Gasteiger partial charge in [0.1, 0.15) is 11.4 Å². The van der Waals surface area contributed by atoms with Crippen LogP contribution in [0, 0.1) is 12.8 Å². The average molecular weight is 348 g/mol. The molecule has 0 aliphatic heterocycles. The van der Waals surface area contributed by atoms with Gasteiger partial charge in [0.25, 0.3) is 0 Å². The Morgan fingerprint density at radius 2 is 1.73 bits per heavy atom. The fourth-order valence-electron chi connectivity index (χ4n) is 2.77. The van der Waals surface area contributed by atoms with E-state index in [1.807, 2.05) is 42.5 Å². The number of rotatable bonds is 5. The van der Waals surface area contributed by atoms with Crippen molar-refractivity contribution in [3.63, 3.8) is 0 Å². The van der Waals surface area contributed by atoms with E-state index in [0.29, 0.717) is 29.7 Å². The lowest BCUT2D eigenvalue weighted by atomic mass is 10.0. The summed E-state index contributed by atoms with van der Waals surface area (Å²) < 4.78 is 10.7. The van der Waals surface area contributed by atoms with Gasteiger partial charge in [0, 0.05) is 5.56 Å². The number of aryl methyl sites for hydroxylation is 1. The molecule has 1 N–H and O–H groups in total. The number of aromatic nitrogens is 1. The third kappa shape index (κ3) is 3.61. The zero-order valence-electron chi connectivity index (χ0n) is 14.6. The van der Waals surface area contributed by atoms with Crippen LogP contribution < -0.4 is 5.32 Å². The first-order valence-electron chi connectivity index (χ1n) is 8.76. The van der Waals surface area contributed by atoms with Crippen molar-refractivity contribution in [1.82, 2.24) is 5.16 Å². The Hall–Kier alpha value is -3.08. The molecule has 0 atom stereocenters. The first-order chi connectivity index (χ1) is 12.7. The van der Waals surface area contributed by atoms with E-state index in [1.165, 1.54) is 0 Å². The molecule has 5 nitrogen and oxygen atoms in total. The Morgan fingerprint density at radius 1 is 1.08 bits per heavy atom. The summed E-state index contributed by atoms with van der Waals surface area (Å²) in [5.41, 5.74) is 4.29. The highest BCUT2D eigenvalue weighted by Gasteiger charge is 2.24. The second-order valence-electron chi connectivity index (χ2n) is 6.58. The second kappa shape index (κ2) is 7.04. The lowest BCUT2D eigenvalue weighted by Gasteiger charge is -2.07. The predicted octanol–water partition coefficient (Wildman–Crippen LogP) is 5.28. The lowest BCUT2D eigenvalue weighted by Crippen LogP contribution is -2.15. The molecule has 1 amide bonds. The van der Waals surface area contributed by atoms with Crippen LogP contribution in [0.15, 0.2) is 59.1 Å². The van der Waals surface area contributed by atoms with Crippen LogP contribution in [-0.4, -0.2) is 17.9 Å². The van der Waals surface area contributed by atoms with Crippen molar-refractivity contribution in [3.05, 3.63) is 60.3 Å². The van der Waals surface area contributed by atoms with Gasteiger partial charge in [-0.25, -0.2) is 4.79 Å². The zero-order chi connectivity index (χ0) is 17.9. The van der Waals surface area contributed by atoms with Gasteiger partial charge in [0.2, 0.25) is 0 Å². The third-order valence-corrected chi connectivity index (χ3v) is 4.49. The van der Waals surface area contributed by atoms with E-state index >= 15 is 0 Å². The average Bonchev–Trinajstić information content (AvgIpc) is 3.45. The number of benzene rings is 2. The molecule has 2 aromatic carbocycles. The molecule has 0 bridgehead atoms. The predicted molar refractivity (Wildman–Crippen MR) is 99.8 cm³/mol. The number of carbonyl (C=O) groups is 1. The van der Waals surface area contributed by atoms with Crippen molar-refractivity contribution in [3.8, 4) is 22.5 Å².